The van der Waals surface area contributed by atoms with Crippen molar-refractivity contribution in [3.05, 3.63) is 29.8 Å². The molecule has 0 spiro atoms. The summed E-state index contributed by atoms with van der Waals surface area (Å²) in [5.41, 5.74) is 1.42. The Morgan fingerprint density at radius 3 is 2.90 bits per heavy atom. The molecule has 1 aliphatic rings. The van der Waals surface area contributed by atoms with Gasteiger partial charge < -0.3 is 25.7 Å². The molecule has 0 aliphatic carbocycles. The van der Waals surface area contributed by atoms with E-state index < -0.39 is 6.10 Å². The summed E-state index contributed by atoms with van der Waals surface area (Å²) in [7, 11) is 1.47. The summed E-state index contributed by atoms with van der Waals surface area (Å²) in [6, 6.07) is 5.86. The summed E-state index contributed by atoms with van der Waals surface area (Å²) < 4.78 is 0. The van der Waals surface area contributed by atoms with Gasteiger partial charge in [0.25, 0.3) is 0 Å². The molecule has 1 saturated heterocycles. The number of nitrogens with zero attached hydrogens (tertiary/aromatic N) is 1. The molecule has 0 aromatic heterocycles. The minimum atomic E-state index is -0.817. The number of oxime groups is 1. The topological polar surface area (TPSA) is 103 Å². The molecule has 114 valence electrons. The van der Waals surface area contributed by atoms with Crippen LogP contribution in [0, 0.1) is 0 Å². The van der Waals surface area contributed by atoms with Gasteiger partial charge in [-0.15, -0.1) is 0 Å². The van der Waals surface area contributed by atoms with Gasteiger partial charge in [-0.05, 0) is 17.7 Å². The van der Waals surface area contributed by atoms with E-state index in [1.165, 1.54) is 19.2 Å². The number of phenolic OH excluding ortho intramolecular Hbond substituents is 1. The molecule has 0 radical (unpaired) electrons. The van der Waals surface area contributed by atoms with Gasteiger partial charge in [0.15, 0.2) is 0 Å². The lowest BCUT2D eigenvalue weighted by atomic mass is 10.1. The van der Waals surface area contributed by atoms with Gasteiger partial charge in [0.1, 0.15) is 12.9 Å². The Bertz CT molecular complexity index is 515. The second-order valence-electron chi connectivity index (χ2n) is 4.83. The SMILES string of the molecule is CO/N=C1/CNC(C(=O)NCC(O)c2ccc(O)cc2)C1. The molecule has 2 unspecified atom stereocenters. The average Bonchev–Trinajstić information content (AvgIpc) is 2.94. The molecule has 0 bridgehead atoms. The number of rotatable bonds is 5. The molecule has 1 aliphatic heterocycles. The largest absolute Gasteiger partial charge is 0.508 e. The van der Waals surface area contributed by atoms with Crippen molar-refractivity contribution in [3.8, 4) is 5.75 Å². The van der Waals surface area contributed by atoms with Gasteiger partial charge in [-0.25, -0.2) is 0 Å². The van der Waals surface area contributed by atoms with Crippen LogP contribution in [0.1, 0.15) is 18.1 Å². The van der Waals surface area contributed by atoms with Crippen LogP contribution < -0.4 is 10.6 Å². The number of amides is 1. The number of aliphatic hydroxyl groups excluding tert-OH is 1. The lowest BCUT2D eigenvalue weighted by molar-refractivity contribution is -0.123. The maximum Gasteiger partial charge on any atom is 0.237 e. The number of hydrogen-bond acceptors (Lipinski definition) is 6. The van der Waals surface area contributed by atoms with Crippen LogP contribution in [-0.2, 0) is 9.63 Å². The van der Waals surface area contributed by atoms with Crippen LogP contribution in [-0.4, -0.2) is 48.1 Å². The Balaban J connectivity index is 1.81. The normalized spacial score (nSPS) is 21.2. The van der Waals surface area contributed by atoms with Crippen LogP contribution in [0.25, 0.3) is 0 Å². The quantitative estimate of drug-likeness (QED) is 0.568. The molecule has 7 heteroatoms. The van der Waals surface area contributed by atoms with Gasteiger partial charge in [0.05, 0.1) is 17.9 Å². The molecule has 1 aromatic carbocycles. The van der Waals surface area contributed by atoms with Crippen molar-refractivity contribution in [3.63, 3.8) is 0 Å². The van der Waals surface area contributed by atoms with Crippen molar-refractivity contribution >= 4 is 11.6 Å². The Kier molecular flexibility index (Phi) is 5.13. The molecular formula is C14H19N3O4. The summed E-state index contributed by atoms with van der Waals surface area (Å²) >= 11 is 0. The second kappa shape index (κ2) is 7.05. The van der Waals surface area contributed by atoms with Gasteiger partial charge >= 0.3 is 0 Å². The lowest BCUT2D eigenvalue weighted by Crippen LogP contribution is -2.41. The van der Waals surface area contributed by atoms with E-state index in [1.807, 2.05) is 0 Å². The van der Waals surface area contributed by atoms with E-state index in [2.05, 4.69) is 20.6 Å². The monoisotopic (exact) mass is 293 g/mol. The Labute approximate surface area is 122 Å². The van der Waals surface area contributed by atoms with Crippen molar-refractivity contribution in [2.45, 2.75) is 18.6 Å². The van der Waals surface area contributed by atoms with Gasteiger partial charge in [-0.3, -0.25) is 4.79 Å². The summed E-state index contributed by atoms with van der Waals surface area (Å²) in [5, 5.41) is 28.7. The first-order valence-electron chi connectivity index (χ1n) is 6.67. The molecular weight excluding hydrogens is 274 g/mol. The molecule has 1 fully saturated rings. The second-order valence-corrected chi connectivity index (χ2v) is 4.83. The maximum absolute atomic E-state index is 12.0. The number of aromatic hydroxyl groups is 1. The highest BCUT2D eigenvalue weighted by atomic mass is 16.6. The van der Waals surface area contributed by atoms with Crippen LogP contribution in [0.2, 0.25) is 0 Å². The molecule has 21 heavy (non-hydrogen) atoms. The first-order chi connectivity index (χ1) is 10.1. The fourth-order valence-electron chi connectivity index (χ4n) is 2.14. The predicted octanol–water partition coefficient (Wildman–Crippen LogP) is -0.0939. The van der Waals surface area contributed by atoms with E-state index in [1.54, 1.807) is 12.1 Å². The highest BCUT2D eigenvalue weighted by Crippen LogP contribution is 2.16. The van der Waals surface area contributed by atoms with Crippen LogP contribution in [0.3, 0.4) is 0 Å². The van der Waals surface area contributed by atoms with Crippen molar-refractivity contribution < 1.29 is 19.8 Å². The zero-order chi connectivity index (χ0) is 15.2. The van der Waals surface area contributed by atoms with E-state index in [9.17, 15) is 15.0 Å². The highest BCUT2D eigenvalue weighted by Gasteiger charge is 2.27. The first-order valence-corrected chi connectivity index (χ1v) is 6.67. The fraction of sp³-hybridized carbons (Fsp3) is 0.429. The first kappa shape index (κ1) is 15.3. The molecule has 0 saturated carbocycles. The van der Waals surface area contributed by atoms with Gasteiger partial charge in [-0.2, -0.15) is 0 Å². The van der Waals surface area contributed by atoms with Crippen molar-refractivity contribution in [2.75, 3.05) is 20.2 Å². The van der Waals surface area contributed by atoms with Crippen LogP contribution >= 0.6 is 0 Å². The van der Waals surface area contributed by atoms with Crippen molar-refractivity contribution in [1.29, 1.82) is 0 Å². The number of carbonyl (C=O) groups is 1. The van der Waals surface area contributed by atoms with Crippen LogP contribution in [0.15, 0.2) is 29.4 Å². The lowest BCUT2D eigenvalue weighted by Gasteiger charge is -2.15. The van der Waals surface area contributed by atoms with Gasteiger partial charge in [0, 0.05) is 19.5 Å². The van der Waals surface area contributed by atoms with E-state index >= 15 is 0 Å². The summed E-state index contributed by atoms with van der Waals surface area (Å²) in [6.07, 6.45) is -0.322. The molecule has 1 amide bonds. The fourth-order valence-corrected chi connectivity index (χ4v) is 2.14. The molecule has 2 atom stereocenters. The maximum atomic E-state index is 12.0. The Morgan fingerprint density at radius 2 is 2.24 bits per heavy atom. The van der Waals surface area contributed by atoms with E-state index in [0.717, 1.165) is 5.71 Å². The van der Waals surface area contributed by atoms with Crippen LogP contribution in [0.4, 0.5) is 0 Å². The number of benzene rings is 1. The van der Waals surface area contributed by atoms with Crippen LogP contribution in [0.5, 0.6) is 5.75 Å². The smallest absolute Gasteiger partial charge is 0.237 e. The van der Waals surface area contributed by atoms with Crippen molar-refractivity contribution in [2.24, 2.45) is 5.16 Å². The standard InChI is InChI=1S/C14H19N3O4/c1-21-17-10-6-12(15-7-10)14(20)16-8-13(19)9-2-4-11(18)5-3-9/h2-5,12-13,15,18-19H,6-8H2,1H3,(H,16,20)/b17-10+. The molecule has 7 nitrogen and oxygen atoms in total. The summed E-state index contributed by atoms with van der Waals surface area (Å²) in [5.74, 6) is -0.0516. The third kappa shape index (κ3) is 4.17. The Hall–Kier alpha value is -2.12. The zero-order valence-electron chi connectivity index (χ0n) is 11.7. The van der Waals surface area contributed by atoms with Crippen molar-refractivity contribution in [1.82, 2.24) is 10.6 Å². The zero-order valence-corrected chi connectivity index (χ0v) is 11.7. The molecule has 1 aromatic rings. The highest BCUT2D eigenvalue weighted by molar-refractivity contribution is 5.96. The molecule has 2 rings (SSSR count). The summed E-state index contributed by atoms with van der Waals surface area (Å²) in [4.78, 5) is 16.6. The number of nitrogens with one attached hydrogen (secondary N) is 2. The Morgan fingerprint density at radius 1 is 1.52 bits per heavy atom. The van der Waals surface area contributed by atoms with Gasteiger partial charge in [0.2, 0.25) is 5.91 Å². The van der Waals surface area contributed by atoms with Gasteiger partial charge in [-0.1, -0.05) is 17.3 Å². The number of phenols is 1. The van der Waals surface area contributed by atoms with E-state index in [0.29, 0.717) is 18.5 Å². The predicted molar refractivity (Wildman–Crippen MR) is 76.9 cm³/mol. The minimum absolute atomic E-state index is 0.110. The third-order valence-corrected chi connectivity index (χ3v) is 3.28. The average molecular weight is 293 g/mol. The summed E-state index contributed by atoms with van der Waals surface area (Å²) in [6.45, 7) is 0.630. The minimum Gasteiger partial charge on any atom is -0.508 e. The number of hydrogen-bond donors (Lipinski definition) is 4. The third-order valence-electron chi connectivity index (χ3n) is 3.28. The van der Waals surface area contributed by atoms with E-state index in [4.69, 9.17) is 0 Å². The number of aliphatic hydroxyl groups is 1. The molecule has 1 heterocycles. The van der Waals surface area contributed by atoms with E-state index in [-0.39, 0.29) is 24.2 Å². The molecule has 4 N–H and O–H groups in total. The number of carbonyl (C=O) groups excluding carboxylic acids is 1.